The highest BCUT2D eigenvalue weighted by Crippen LogP contribution is 2.34. The monoisotopic (exact) mass is 460 g/mol. The van der Waals surface area contributed by atoms with Gasteiger partial charge in [0.05, 0.1) is 24.9 Å². The summed E-state index contributed by atoms with van der Waals surface area (Å²) in [6.07, 6.45) is 4.08. The lowest BCUT2D eigenvalue weighted by Gasteiger charge is -2.25. The number of H-pyrrole nitrogens is 1. The quantitative estimate of drug-likeness (QED) is 0.514. The van der Waals surface area contributed by atoms with Crippen LogP contribution in [-0.2, 0) is 11.3 Å². The molecule has 0 bridgehead atoms. The van der Waals surface area contributed by atoms with Gasteiger partial charge in [0.15, 0.2) is 0 Å². The molecule has 0 aliphatic carbocycles. The lowest BCUT2D eigenvalue weighted by atomic mass is 10.1. The van der Waals surface area contributed by atoms with E-state index in [0.717, 1.165) is 25.8 Å². The summed E-state index contributed by atoms with van der Waals surface area (Å²) in [5.41, 5.74) is 4.74. The Morgan fingerprint density at radius 3 is 2.72 bits per heavy atom. The van der Waals surface area contributed by atoms with Crippen LogP contribution in [0.3, 0.4) is 0 Å². The van der Waals surface area contributed by atoms with Crippen molar-refractivity contribution in [1.29, 1.82) is 0 Å². The minimum absolute atomic E-state index is 0.345. The Hall–Kier alpha value is -2.05. The predicted molar refractivity (Wildman–Crippen MR) is 107 cm³/mol. The average Bonchev–Trinajstić information content (AvgIpc) is 2.97. The first-order chi connectivity index (χ1) is 12.1. The molecule has 0 saturated carbocycles. The van der Waals surface area contributed by atoms with Gasteiger partial charge in [-0.1, -0.05) is 37.9 Å². The smallest absolute Gasteiger partial charge is 0.339 e. The second-order valence-electron chi connectivity index (χ2n) is 5.80. The minimum atomic E-state index is -0.345. The van der Waals surface area contributed by atoms with Crippen LogP contribution in [0.25, 0.3) is 17.0 Å². The van der Waals surface area contributed by atoms with Crippen molar-refractivity contribution in [1.82, 2.24) is 4.98 Å². The molecule has 1 aliphatic rings. The summed E-state index contributed by atoms with van der Waals surface area (Å²) in [5, 5.41) is 1.19. The molecule has 0 amide bonds. The van der Waals surface area contributed by atoms with E-state index in [1.807, 2.05) is 29.3 Å². The zero-order valence-corrected chi connectivity index (χ0v) is 16.5. The van der Waals surface area contributed by atoms with Gasteiger partial charge in [-0.25, -0.2) is 4.79 Å². The summed E-state index contributed by atoms with van der Waals surface area (Å²) in [6.45, 7) is 0.651. The number of nitrogens with zero attached hydrogens (tertiary/aromatic N) is 1. The molecular weight excluding hydrogens is 448 g/mol. The summed E-state index contributed by atoms with van der Waals surface area (Å²) in [7, 11) is 1.40. The van der Waals surface area contributed by atoms with E-state index in [2.05, 4.69) is 55.1 Å². The molecule has 2 aromatic carbocycles. The summed E-state index contributed by atoms with van der Waals surface area (Å²) in [4.78, 5) is 17.6. The van der Waals surface area contributed by atoms with E-state index in [9.17, 15) is 4.79 Å². The molecule has 0 unspecified atom stereocenters. The summed E-state index contributed by atoms with van der Waals surface area (Å²) in [6, 6.07) is 11.8. The maximum atomic E-state index is 12.1. The molecule has 4 nitrogen and oxygen atoms in total. The summed E-state index contributed by atoms with van der Waals surface area (Å²) < 4.78 is 6.87. The highest BCUT2D eigenvalue weighted by molar-refractivity contribution is 9.10. The number of ether oxygens (including phenoxy) is 1. The van der Waals surface area contributed by atoms with E-state index >= 15 is 0 Å². The third-order valence-electron chi connectivity index (χ3n) is 4.31. The number of rotatable bonds is 2. The van der Waals surface area contributed by atoms with Crippen molar-refractivity contribution in [2.45, 2.75) is 6.54 Å². The SMILES string of the molecule is COC(=O)c1ccc(Br)cc1N1C=Cc2c([nH]c3cc(Br)ccc23)C1. The van der Waals surface area contributed by atoms with E-state index in [-0.39, 0.29) is 5.97 Å². The number of esters is 1. The zero-order valence-electron chi connectivity index (χ0n) is 13.3. The fourth-order valence-corrected chi connectivity index (χ4v) is 3.85. The number of carbonyl (C=O) groups excluding carboxylic acids is 1. The van der Waals surface area contributed by atoms with Crippen LogP contribution >= 0.6 is 31.9 Å². The van der Waals surface area contributed by atoms with Crippen LogP contribution in [0.2, 0.25) is 0 Å². The number of fused-ring (bicyclic) bond motifs is 3. The molecule has 1 aliphatic heterocycles. The van der Waals surface area contributed by atoms with Crippen molar-refractivity contribution in [2.24, 2.45) is 0 Å². The minimum Gasteiger partial charge on any atom is -0.465 e. The molecule has 1 N–H and O–H groups in total. The molecule has 0 saturated heterocycles. The van der Waals surface area contributed by atoms with Crippen molar-refractivity contribution < 1.29 is 9.53 Å². The maximum absolute atomic E-state index is 12.1. The number of aromatic amines is 1. The Morgan fingerprint density at radius 1 is 1.16 bits per heavy atom. The van der Waals surface area contributed by atoms with Crippen molar-refractivity contribution >= 4 is 60.5 Å². The van der Waals surface area contributed by atoms with Crippen LogP contribution in [0.1, 0.15) is 21.6 Å². The van der Waals surface area contributed by atoms with Gasteiger partial charge in [0.25, 0.3) is 0 Å². The van der Waals surface area contributed by atoms with Crippen molar-refractivity contribution in [3.8, 4) is 0 Å². The maximum Gasteiger partial charge on any atom is 0.339 e. The molecule has 126 valence electrons. The number of hydrogen-bond donors (Lipinski definition) is 1. The molecular formula is C19H14Br2N2O2. The van der Waals surface area contributed by atoms with Gasteiger partial charge in [-0.2, -0.15) is 0 Å². The van der Waals surface area contributed by atoms with Crippen LogP contribution in [0.4, 0.5) is 5.69 Å². The Labute approximate surface area is 161 Å². The van der Waals surface area contributed by atoms with Crippen molar-refractivity contribution in [3.63, 3.8) is 0 Å². The summed E-state index contributed by atoms with van der Waals surface area (Å²) in [5.74, 6) is -0.345. The lowest BCUT2D eigenvalue weighted by molar-refractivity contribution is 0.0601. The van der Waals surface area contributed by atoms with Gasteiger partial charge in [-0.3, -0.25) is 0 Å². The fourth-order valence-electron chi connectivity index (χ4n) is 3.14. The molecule has 25 heavy (non-hydrogen) atoms. The van der Waals surface area contributed by atoms with Gasteiger partial charge in [0.1, 0.15) is 0 Å². The van der Waals surface area contributed by atoms with E-state index in [0.29, 0.717) is 12.1 Å². The Bertz CT molecular complexity index is 1020. The summed E-state index contributed by atoms with van der Waals surface area (Å²) >= 11 is 7.00. The standard InChI is InChI=1S/C19H14Br2N2O2/c1-25-19(24)15-5-3-12(21)9-18(15)23-7-6-14-13-4-2-11(20)8-16(13)22-17(14)10-23/h2-9,22H,10H2,1H3. The van der Waals surface area contributed by atoms with Gasteiger partial charge in [0.2, 0.25) is 0 Å². The molecule has 0 radical (unpaired) electrons. The predicted octanol–water partition coefficient (Wildman–Crippen LogP) is 5.47. The van der Waals surface area contributed by atoms with Gasteiger partial charge in [-0.05, 0) is 36.4 Å². The first-order valence-electron chi connectivity index (χ1n) is 7.69. The first-order valence-corrected chi connectivity index (χ1v) is 9.28. The van der Waals surface area contributed by atoms with E-state index in [1.165, 1.54) is 18.1 Å². The van der Waals surface area contributed by atoms with Crippen LogP contribution in [-0.4, -0.2) is 18.1 Å². The molecule has 3 aromatic rings. The number of carbonyl (C=O) groups is 1. The second-order valence-corrected chi connectivity index (χ2v) is 7.64. The number of hydrogen-bond acceptors (Lipinski definition) is 3. The van der Waals surface area contributed by atoms with E-state index < -0.39 is 0 Å². The van der Waals surface area contributed by atoms with E-state index in [1.54, 1.807) is 6.07 Å². The Balaban J connectivity index is 1.78. The van der Waals surface area contributed by atoms with Crippen LogP contribution in [0.15, 0.2) is 51.5 Å². The normalized spacial score (nSPS) is 13.2. The number of aromatic nitrogens is 1. The number of methoxy groups -OCH3 is 1. The van der Waals surface area contributed by atoms with Gasteiger partial charge < -0.3 is 14.6 Å². The van der Waals surface area contributed by atoms with Crippen LogP contribution in [0, 0.1) is 0 Å². The average molecular weight is 462 g/mol. The Morgan fingerprint density at radius 2 is 1.92 bits per heavy atom. The van der Waals surface area contributed by atoms with Gasteiger partial charge >= 0.3 is 5.97 Å². The highest BCUT2D eigenvalue weighted by atomic mass is 79.9. The number of halogens is 2. The third-order valence-corrected chi connectivity index (χ3v) is 5.29. The molecule has 0 fully saturated rings. The molecule has 4 rings (SSSR count). The molecule has 2 heterocycles. The van der Waals surface area contributed by atoms with Crippen molar-refractivity contribution in [3.05, 3.63) is 68.4 Å². The Kier molecular flexibility index (Phi) is 4.17. The molecule has 0 spiro atoms. The van der Waals surface area contributed by atoms with Gasteiger partial charge in [0, 0.05) is 37.3 Å². The molecule has 6 heteroatoms. The van der Waals surface area contributed by atoms with Gasteiger partial charge in [-0.15, -0.1) is 0 Å². The third kappa shape index (κ3) is 2.89. The van der Waals surface area contributed by atoms with E-state index in [4.69, 9.17) is 4.74 Å². The molecule has 0 atom stereocenters. The number of benzene rings is 2. The molecule has 1 aromatic heterocycles. The largest absolute Gasteiger partial charge is 0.465 e. The van der Waals surface area contributed by atoms with Crippen LogP contribution < -0.4 is 4.90 Å². The van der Waals surface area contributed by atoms with Crippen molar-refractivity contribution in [2.75, 3.05) is 12.0 Å². The first kappa shape index (κ1) is 16.4. The highest BCUT2D eigenvalue weighted by Gasteiger charge is 2.21. The topological polar surface area (TPSA) is 45.3 Å². The lowest BCUT2D eigenvalue weighted by Crippen LogP contribution is -2.21. The second kappa shape index (κ2) is 6.35. The number of anilines is 1. The van der Waals surface area contributed by atoms with Crippen LogP contribution in [0.5, 0.6) is 0 Å². The number of nitrogens with one attached hydrogen (secondary N) is 1. The zero-order chi connectivity index (χ0) is 17.6. The fraction of sp³-hybridized carbons (Fsp3) is 0.105.